The van der Waals surface area contributed by atoms with Crippen molar-refractivity contribution in [1.82, 2.24) is 14.8 Å². The van der Waals surface area contributed by atoms with E-state index in [2.05, 4.69) is 11.9 Å². The molecule has 0 saturated carbocycles. The molecule has 224 valence electrons. The smallest absolute Gasteiger partial charge is 0.253 e. The highest BCUT2D eigenvalue weighted by atomic mass is 35.5. The molecule has 10 heteroatoms. The van der Waals surface area contributed by atoms with Crippen molar-refractivity contribution in [2.24, 2.45) is 0 Å². The van der Waals surface area contributed by atoms with Crippen molar-refractivity contribution < 1.29 is 19.1 Å². The van der Waals surface area contributed by atoms with Crippen LogP contribution in [-0.4, -0.2) is 59.4 Å². The van der Waals surface area contributed by atoms with Gasteiger partial charge in [0.15, 0.2) is 11.6 Å². The Hall–Kier alpha value is -3.49. The summed E-state index contributed by atoms with van der Waals surface area (Å²) in [6, 6.07) is 12.6. The third-order valence-corrected chi connectivity index (χ3v) is 8.08. The molecule has 2 heterocycles. The number of piperazine rings is 1. The van der Waals surface area contributed by atoms with Crippen LogP contribution in [0.5, 0.6) is 11.5 Å². The lowest BCUT2D eigenvalue weighted by atomic mass is 10.0. The Bertz CT molecular complexity index is 1390. The van der Waals surface area contributed by atoms with E-state index in [4.69, 9.17) is 38.4 Å². The highest BCUT2D eigenvalue weighted by Crippen LogP contribution is 2.40. The number of benzene rings is 2. The fourth-order valence-corrected chi connectivity index (χ4v) is 5.71. The van der Waals surface area contributed by atoms with Gasteiger partial charge in [-0.05, 0) is 56.2 Å². The third kappa shape index (κ3) is 7.47. The molecule has 1 aliphatic heterocycles. The van der Waals surface area contributed by atoms with E-state index in [1.54, 1.807) is 41.4 Å². The van der Waals surface area contributed by atoms with E-state index in [0.717, 1.165) is 30.4 Å². The lowest BCUT2D eigenvalue weighted by Crippen LogP contribution is -2.50. The lowest BCUT2D eigenvalue weighted by Gasteiger charge is -2.35. The number of unbranched alkanes of at least 4 members (excludes halogenated alkanes) is 2. The molecule has 8 nitrogen and oxygen atoms in total. The zero-order chi connectivity index (χ0) is 30.2. The van der Waals surface area contributed by atoms with Crippen LogP contribution in [0.1, 0.15) is 68.5 Å². The average molecular weight is 614 g/mol. The maximum absolute atomic E-state index is 13.2. The number of halogens is 2. The Morgan fingerprint density at radius 2 is 1.64 bits per heavy atom. The standard InChI is InChI=1S/C32H38Cl2N4O4/c1-4-6-7-8-28(39)37-15-17-38(18-16-37)32(40)23-11-9-22(10-12-23)24-19-27(31(35)36-20-24)42-21(3)29-25(33)13-14-26(30(29)34)41-5-2/h9-14,19-21H,4-8,15-18H2,1-3H3,(H2,35,36). The van der Waals surface area contributed by atoms with Crippen molar-refractivity contribution in [3.63, 3.8) is 0 Å². The minimum atomic E-state index is -0.531. The second-order valence-electron chi connectivity index (χ2n) is 10.3. The van der Waals surface area contributed by atoms with Gasteiger partial charge in [0.1, 0.15) is 11.9 Å². The minimum absolute atomic E-state index is 0.0454. The van der Waals surface area contributed by atoms with E-state index in [-0.39, 0.29) is 17.6 Å². The molecule has 2 aromatic carbocycles. The molecule has 1 fully saturated rings. The van der Waals surface area contributed by atoms with Crippen LogP contribution < -0.4 is 15.2 Å². The molecule has 2 amide bonds. The molecule has 1 unspecified atom stereocenters. The number of hydrogen-bond donors (Lipinski definition) is 1. The van der Waals surface area contributed by atoms with Crippen molar-refractivity contribution in [2.75, 3.05) is 38.5 Å². The number of nitrogens with two attached hydrogens (primary N) is 1. The molecule has 2 N–H and O–H groups in total. The summed E-state index contributed by atoms with van der Waals surface area (Å²) in [4.78, 5) is 33.6. The quantitative estimate of drug-likeness (QED) is 0.233. The van der Waals surface area contributed by atoms with Gasteiger partial charge < -0.3 is 25.0 Å². The van der Waals surface area contributed by atoms with Crippen LogP contribution in [0.4, 0.5) is 5.82 Å². The zero-order valence-corrected chi connectivity index (χ0v) is 25.9. The summed E-state index contributed by atoms with van der Waals surface area (Å²) < 4.78 is 11.8. The largest absolute Gasteiger partial charge is 0.492 e. The topological polar surface area (TPSA) is 98.0 Å². The van der Waals surface area contributed by atoms with Gasteiger partial charge in [-0.1, -0.05) is 55.1 Å². The van der Waals surface area contributed by atoms with Gasteiger partial charge in [0.05, 0.1) is 11.6 Å². The predicted molar refractivity (Wildman–Crippen MR) is 167 cm³/mol. The Balaban J connectivity index is 1.42. The fraction of sp³-hybridized carbons (Fsp3) is 0.406. The maximum Gasteiger partial charge on any atom is 0.253 e. The Morgan fingerprint density at radius 1 is 0.952 bits per heavy atom. The number of nitrogen functional groups attached to an aromatic ring is 1. The highest BCUT2D eigenvalue weighted by molar-refractivity contribution is 6.37. The molecule has 42 heavy (non-hydrogen) atoms. The molecular weight excluding hydrogens is 575 g/mol. The summed E-state index contributed by atoms with van der Waals surface area (Å²) in [6.07, 6.45) is 4.78. The fourth-order valence-electron chi connectivity index (χ4n) is 4.98. The molecule has 1 aromatic heterocycles. The van der Waals surface area contributed by atoms with Crippen LogP contribution in [0.25, 0.3) is 11.1 Å². The summed E-state index contributed by atoms with van der Waals surface area (Å²) in [5, 5.41) is 0.846. The molecule has 0 spiro atoms. The number of carbonyl (C=O) groups is 2. The van der Waals surface area contributed by atoms with Crippen molar-refractivity contribution in [1.29, 1.82) is 0 Å². The van der Waals surface area contributed by atoms with E-state index in [9.17, 15) is 9.59 Å². The molecule has 3 aromatic rings. The van der Waals surface area contributed by atoms with Gasteiger partial charge in [-0.25, -0.2) is 4.98 Å². The van der Waals surface area contributed by atoms with Gasteiger partial charge in [0, 0.05) is 60.5 Å². The molecule has 1 saturated heterocycles. The Kier molecular flexibility index (Phi) is 10.9. The maximum atomic E-state index is 13.2. The van der Waals surface area contributed by atoms with E-state index >= 15 is 0 Å². The molecule has 0 bridgehead atoms. The van der Waals surface area contributed by atoms with Crippen LogP contribution in [0.3, 0.4) is 0 Å². The van der Waals surface area contributed by atoms with E-state index < -0.39 is 6.10 Å². The first-order chi connectivity index (χ1) is 20.2. The number of aromatic nitrogens is 1. The molecule has 1 aliphatic rings. The van der Waals surface area contributed by atoms with Crippen molar-refractivity contribution >= 4 is 40.8 Å². The van der Waals surface area contributed by atoms with Gasteiger partial charge in [-0.3, -0.25) is 9.59 Å². The number of pyridine rings is 1. The van der Waals surface area contributed by atoms with Crippen molar-refractivity contribution in [2.45, 2.75) is 52.6 Å². The number of ether oxygens (including phenoxy) is 2. The van der Waals surface area contributed by atoms with Crippen LogP contribution >= 0.6 is 23.2 Å². The summed E-state index contributed by atoms with van der Waals surface area (Å²) in [5.74, 6) is 1.28. The number of amides is 2. The molecule has 1 atom stereocenters. The van der Waals surface area contributed by atoms with E-state index in [1.807, 2.05) is 30.9 Å². The summed E-state index contributed by atoms with van der Waals surface area (Å²) in [6.45, 7) is 8.50. The first kappa shape index (κ1) is 31.4. The monoisotopic (exact) mass is 612 g/mol. The van der Waals surface area contributed by atoms with Crippen LogP contribution in [0.2, 0.25) is 10.0 Å². The van der Waals surface area contributed by atoms with Crippen molar-refractivity contribution in [3.8, 4) is 22.6 Å². The normalized spacial score (nSPS) is 14.0. The number of carbonyl (C=O) groups excluding carboxylic acids is 2. The number of hydrogen-bond acceptors (Lipinski definition) is 6. The lowest BCUT2D eigenvalue weighted by molar-refractivity contribution is -0.132. The summed E-state index contributed by atoms with van der Waals surface area (Å²) >= 11 is 13.0. The third-order valence-electron chi connectivity index (χ3n) is 7.36. The number of anilines is 1. The van der Waals surface area contributed by atoms with Gasteiger partial charge >= 0.3 is 0 Å². The highest BCUT2D eigenvalue weighted by Gasteiger charge is 2.25. The van der Waals surface area contributed by atoms with E-state index in [1.165, 1.54) is 0 Å². The summed E-state index contributed by atoms with van der Waals surface area (Å²) in [7, 11) is 0. The van der Waals surface area contributed by atoms with Gasteiger partial charge in [0.25, 0.3) is 5.91 Å². The number of rotatable bonds is 11. The second-order valence-corrected chi connectivity index (χ2v) is 11.1. The van der Waals surface area contributed by atoms with E-state index in [0.29, 0.717) is 71.9 Å². The average Bonchev–Trinajstić information content (AvgIpc) is 2.99. The molecule has 0 aliphatic carbocycles. The summed E-state index contributed by atoms with van der Waals surface area (Å²) in [5.41, 5.74) is 8.97. The minimum Gasteiger partial charge on any atom is -0.492 e. The first-order valence-corrected chi connectivity index (χ1v) is 15.2. The van der Waals surface area contributed by atoms with Crippen LogP contribution in [0.15, 0.2) is 48.7 Å². The van der Waals surface area contributed by atoms with Gasteiger partial charge in [-0.15, -0.1) is 0 Å². The zero-order valence-electron chi connectivity index (χ0n) is 24.4. The Labute approximate surface area is 257 Å². The number of nitrogens with zero attached hydrogens (tertiary/aromatic N) is 3. The first-order valence-electron chi connectivity index (χ1n) is 14.4. The van der Waals surface area contributed by atoms with Gasteiger partial charge in [0.2, 0.25) is 5.91 Å². The molecular formula is C32H38Cl2N4O4. The molecule has 4 rings (SSSR count). The van der Waals surface area contributed by atoms with Crippen LogP contribution in [-0.2, 0) is 4.79 Å². The van der Waals surface area contributed by atoms with Crippen LogP contribution in [0, 0.1) is 0 Å². The van der Waals surface area contributed by atoms with Gasteiger partial charge in [-0.2, -0.15) is 0 Å². The molecule has 0 radical (unpaired) electrons. The second kappa shape index (κ2) is 14.6. The van der Waals surface area contributed by atoms with Crippen molar-refractivity contribution in [3.05, 3.63) is 69.8 Å². The SMILES string of the molecule is CCCCCC(=O)N1CCN(C(=O)c2ccc(-c3cnc(N)c(OC(C)c4c(Cl)ccc(OCC)c4Cl)c3)cc2)CC1. The Morgan fingerprint density at radius 3 is 2.31 bits per heavy atom. The predicted octanol–water partition coefficient (Wildman–Crippen LogP) is 7.04.